The number of benzene rings is 1. The van der Waals surface area contributed by atoms with Crippen molar-refractivity contribution in [2.45, 2.75) is 19.1 Å². The largest absolute Gasteiger partial charge is 0.493 e. The second kappa shape index (κ2) is 6.21. The lowest BCUT2D eigenvalue weighted by atomic mass is 9.96. The van der Waals surface area contributed by atoms with Crippen LogP contribution in [0, 0.1) is 0 Å². The highest BCUT2D eigenvalue weighted by molar-refractivity contribution is 5.85. The molecule has 0 aliphatic heterocycles. The Morgan fingerprint density at radius 2 is 1.95 bits per heavy atom. The maximum atomic E-state index is 11.5. The molecule has 2 atom stereocenters. The van der Waals surface area contributed by atoms with Crippen LogP contribution in [0.25, 0.3) is 11.0 Å². The first kappa shape index (κ1) is 16.1. The van der Waals surface area contributed by atoms with E-state index in [-0.39, 0.29) is 16.9 Å². The molecule has 118 valence electrons. The van der Waals surface area contributed by atoms with Crippen LogP contribution in [-0.4, -0.2) is 30.5 Å². The molecule has 0 amide bonds. The fourth-order valence-corrected chi connectivity index (χ4v) is 2.25. The Hall–Kier alpha value is -2.31. The molecule has 0 fully saturated rings. The van der Waals surface area contributed by atoms with Crippen LogP contribution >= 0.6 is 0 Å². The van der Waals surface area contributed by atoms with Gasteiger partial charge in [-0.1, -0.05) is 6.58 Å². The van der Waals surface area contributed by atoms with Crippen LogP contribution in [0.2, 0.25) is 0 Å². The molecule has 0 saturated heterocycles. The van der Waals surface area contributed by atoms with E-state index in [1.165, 1.54) is 20.3 Å². The van der Waals surface area contributed by atoms with Crippen LogP contribution in [0.4, 0.5) is 0 Å². The average molecular weight is 306 g/mol. The predicted molar refractivity (Wildman–Crippen MR) is 81.4 cm³/mol. The number of methoxy groups -OCH3 is 2. The molecular formula is C16H18O6. The van der Waals surface area contributed by atoms with E-state index in [1.807, 2.05) is 0 Å². The molecule has 6 heteroatoms. The summed E-state index contributed by atoms with van der Waals surface area (Å²) in [6.07, 6.45) is -2.62. The van der Waals surface area contributed by atoms with Gasteiger partial charge < -0.3 is 24.1 Å². The van der Waals surface area contributed by atoms with Gasteiger partial charge in [0.2, 0.25) is 0 Å². The Bertz CT molecular complexity index is 761. The number of aliphatic hydroxyl groups excluding tert-OH is 2. The molecule has 6 nitrogen and oxygen atoms in total. The Balaban J connectivity index is 2.84. The van der Waals surface area contributed by atoms with Crippen LogP contribution < -0.4 is 15.1 Å². The Morgan fingerprint density at radius 1 is 1.27 bits per heavy atom. The van der Waals surface area contributed by atoms with Crippen molar-refractivity contribution in [3.8, 4) is 11.5 Å². The van der Waals surface area contributed by atoms with E-state index in [4.69, 9.17) is 13.9 Å². The topological polar surface area (TPSA) is 89.1 Å². The van der Waals surface area contributed by atoms with Crippen LogP contribution in [0.1, 0.15) is 18.6 Å². The number of hydrogen-bond acceptors (Lipinski definition) is 6. The van der Waals surface area contributed by atoms with Gasteiger partial charge in [-0.25, -0.2) is 4.79 Å². The highest BCUT2D eigenvalue weighted by atomic mass is 16.5. The van der Waals surface area contributed by atoms with Gasteiger partial charge in [0.05, 0.1) is 19.8 Å². The van der Waals surface area contributed by atoms with Crippen molar-refractivity contribution < 1.29 is 24.1 Å². The monoisotopic (exact) mass is 306 g/mol. The number of fused-ring (bicyclic) bond motifs is 1. The maximum absolute atomic E-state index is 11.5. The third-order valence-corrected chi connectivity index (χ3v) is 3.39. The lowest BCUT2D eigenvalue weighted by Gasteiger charge is -2.22. The predicted octanol–water partition coefficient (Wildman–Crippen LogP) is 1.78. The summed E-state index contributed by atoms with van der Waals surface area (Å²) in [4.78, 5) is 11.5. The zero-order valence-electron chi connectivity index (χ0n) is 12.6. The Kier molecular flexibility index (Phi) is 4.54. The number of rotatable bonds is 5. The highest BCUT2D eigenvalue weighted by Crippen LogP contribution is 2.42. The van der Waals surface area contributed by atoms with E-state index in [9.17, 15) is 15.0 Å². The SMILES string of the molecule is C=C(C)C(O)C(O)c1c(OC)c(OC)cc2ccc(=O)oc12. The minimum atomic E-state index is -1.38. The summed E-state index contributed by atoms with van der Waals surface area (Å²) < 4.78 is 15.7. The van der Waals surface area contributed by atoms with Crippen molar-refractivity contribution >= 4 is 11.0 Å². The van der Waals surface area contributed by atoms with Gasteiger partial charge in [0.1, 0.15) is 17.8 Å². The molecule has 22 heavy (non-hydrogen) atoms. The van der Waals surface area contributed by atoms with Crippen molar-refractivity contribution in [2.75, 3.05) is 14.2 Å². The van der Waals surface area contributed by atoms with Crippen molar-refractivity contribution in [1.82, 2.24) is 0 Å². The van der Waals surface area contributed by atoms with Gasteiger partial charge >= 0.3 is 5.63 Å². The van der Waals surface area contributed by atoms with E-state index >= 15 is 0 Å². The fourth-order valence-electron chi connectivity index (χ4n) is 2.25. The average Bonchev–Trinajstić information content (AvgIpc) is 2.51. The molecule has 0 bridgehead atoms. The van der Waals surface area contributed by atoms with Gasteiger partial charge in [0.15, 0.2) is 11.5 Å². The van der Waals surface area contributed by atoms with Crippen molar-refractivity contribution in [3.63, 3.8) is 0 Å². The molecule has 1 heterocycles. The zero-order chi connectivity index (χ0) is 16.4. The van der Waals surface area contributed by atoms with E-state index in [0.717, 1.165) is 0 Å². The lowest BCUT2D eigenvalue weighted by Crippen LogP contribution is -2.20. The molecule has 0 aliphatic rings. The second-order valence-electron chi connectivity index (χ2n) is 4.93. The van der Waals surface area contributed by atoms with Gasteiger partial charge in [-0.2, -0.15) is 0 Å². The Labute approximate surface area is 127 Å². The molecule has 0 saturated carbocycles. The molecular weight excluding hydrogens is 288 g/mol. The van der Waals surface area contributed by atoms with Crippen LogP contribution in [-0.2, 0) is 0 Å². The summed E-state index contributed by atoms with van der Waals surface area (Å²) in [6, 6.07) is 4.44. The normalized spacial score (nSPS) is 13.7. The third kappa shape index (κ3) is 2.70. The fraction of sp³-hybridized carbons (Fsp3) is 0.312. The highest BCUT2D eigenvalue weighted by Gasteiger charge is 2.28. The summed E-state index contributed by atoms with van der Waals surface area (Å²) in [6.45, 7) is 5.21. The minimum Gasteiger partial charge on any atom is -0.493 e. The molecule has 2 unspecified atom stereocenters. The van der Waals surface area contributed by atoms with E-state index < -0.39 is 17.8 Å². The van der Waals surface area contributed by atoms with Gasteiger partial charge in [-0.15, -0.1) is 0 Å². The quantitative estimate of drug-likeness (QED) is 0.646. The second-order valence-corrected chi connectivity index (χ2v) is 4.93. The molecule has 2 N–H and O–H groups in total. The van der Waals surface area contributed by atoms with Crippen molar-refractivity contribution in [2.24, 2.45) is 0 Å². The van der Waals surface area contributed by atoms with E-state index in [2.05, 4.69) is 6.58 Å². The molecule has 1 aromatic carbocycles. The standard InChI is InChI=1S/C16H18O6/c1-8(2)13(18)14(19)12-15-9(5-6-11(17)22-15)7-10(20-3)16(12)21-4/h5-7,13-14,18-19H,1H2,2-4H3. The minimum absolute atomic E-state index is 0.137. The number of aliphatic hydroxyl groups is 2. The summed E-state index contributed by atoms with van der Waals surface area (Å²) in [5.41, 5.74) is 0.0739. The van der Waals surface area contributed by atoms with E-state index in [1.54, 1.807) is 19.1 Å². The maximum Gasteiger partial charge on any atom is 0.336 e. The van der Waals surface area contributed by atoms with Gasteiger partial charge in [-0.05, 0) is 24.6 Å². The summed E-state index contributed by atoms with van der Waals surface area (Å²) in [7, 11) is 2.85. The molecule has 1 aromatic heterocycles. The molecule has 2 aromatic rings. The Morgan fingerprint density at radius 3 is 2.50 bits per heavy atom. The van der Waals surface area contributed by atoms with Crippen LogP contribution in [0.5, 0.6) is 11.5 Å². The lowest BCUT2D eigenvalue weighted by molar-refractivity contribution is 0.0400. The number of ether oxygens (including phenoxy) is 2. The molecule has 0 aliphatic carbocycles. The molecule has 2 rings (SSSR count). The summed E-state index contributed by atoms with van der Waals surface area (Å²) in [5, 5.41) is 21.1. The number of hydrogen-bond donors (Lipinski definition) is 2. The van der Waals surface area contributed by atoms with Crippen molar-refractivity contribution in [3.05, 3.63) is 46.3 Å². The third-order valence-electron chi connectivity index (χ3n) is 3.39. The van der Waals surface area contributed by atoms with Gasteiger partial charge in [-0.3, -0.25) is 0 Å². The summed E-state index contributed by atoms with van der Waals surface area (Å²) >= 11 is 0. The van der Waals surface area contributed by atoms with Crippen molar-refractivity contribution in [1.29, 1.82) is 0 Å². The van der Waals surface area contributed by atoms with Gasteiger partial charge in [0.25, 0.3) is 0 Å². The first-order valence-electron chi connectivity index (χ1n) is 6.61. The smallest absolute Gasteiger partial charge is 0.336 e. The molecule has 0 radical (unpaired) electrons. The first-order valence-corrected chi connectivity index (χ1v) is 6.61. The molecule has 0 spiro atoms. The van der Waals surface area contributed by atoms with Crippen LogP contribution in [0.3, 0.4) is 0 Å². The van der Waals surface area contributed by atoms with Gasteiger partial charge in [0, 0.05) is 11.5 Å². The first-order chi connectivity index (χ1) is 10.4. The summed E-state index contributed by atoms with van der Waals surface area (Å²) in [5.74, 6) is 0.545. The zero-order valence-corrected chi connectivity index (χ0v) is 12.6. The van der Waals surface area contributed by atoms with E-state index in [0.29, 0.717) is 16.7 Å². The van der Waals surface area contributed by atoms with Crippen LogP contribution in [0.15, 0.2) is 39.6 Å².